The predicted molar refractivity (Wildman–Crippen MR) is 126 cm³/mol. The average molecular weight is 540 g/mol. The molecule has 0 amide bonds. The van der Waals surface area contributed by atoms with Crippen LogP contribution in [0.2, 0.25) is 5.02 Å². The molecule has 0 aromatic heterocycles. The van der Waals surface area contributed by atoms with Gasteiger partial charge in [-0.15, -0.1) is 0 Å². The lowest BCUT2D eigenvalue weighted by Gasteiger charge is -2.14. The van der Waals surface area contributed by atoms with Crippen molar-refractivity contribution < 1.29 is 13.2 Å². The van der Waals surface area contributed by atoms with Crippen LogP contribution in [-0.2, 0) is 20.9 Å². The Morgan fingerprint density at radius 2 is 1.69 bits per heavy atom. The van der Waals surface area contributed by atoms with Crippen molar-refractivity contribution in [1.29, 1.82) is 0 Å². The van der Waals surface area contributed by atoms with Gasteiger partial charge in [0.25, 0.3) is 10.0 Å². The molecule has 0 aliphatic heterocycles. The minimum Gasteiger partial charge on any atom is -0.289 e. The van der Waals surface area contributed by atoms with E-state index in [1.54, 1.807) is 66.7 Å². The number of aryl methyl sites for hydroxylation is 1. The number of benzene rings is 3. The molecule has 0 unspecified atom stereocenters. The second-order valence-corrected chi connectivity index (χ2v) is 9.34. The van der Waals surface area contributed by atoms with E-state index in [9.17, 15) is 13.2 Å². The van der Waals surface area contributed by atoms with Crippen LogP contribution < -0.4 is 4.72 Å². The zero-order valence-corrected chi connectivity index (χ0v) is 19.4. The van der Waals surface area contributed by atoms with Crippen LogP contribution in [-0.4, -0.2) is 14.2 Å². The summed E-state index contributed by atoms with van der Waals surface area (Å²) in [5.74, 6) is -0.293. The van der Waals surface area contributed by atoms with Crippen LogP contribution in [0, 0.1) is 0 Å². The lowest BCUT2D eigenvalue weighted by molar-refractivity contribution is 0.103. The van der Waals surface area contributed by atoms with Gasteiger partial charge in [-0.05, 0) is 53.9 Å². The summed E-state index contributed by atoms with van der Waals surface area (Å²) in [5.41, 5.74) is 2.90. The number of ketones is 1. The minimum atomic E-state index is -3.83. The van der Waals surface area contributed by atoms with Gasteiger partial charge in [0.2, 0.25) is 0 Å². The Labute approximate surface area is 189 Å². The largest absolute Gasteiger partial charge is 0.289 e. The SMILES string of the molecule is CCc1ccc(S(=O)(=O)Nc2ccc(CI)cc2C(=O)c2cccc(Cl)c2)cc1. The molecule has 3 aromatic carbocycles. The van der Waals surface area contributed by atoms with Gasteiger partial charge in [-0.25, -0.2) is 8.42 Å². The van der Waals surface area contributed by atoms with E-state index in [2.05, 4.69) is 27.3 Å². The Hall–Kier alpha value is -1.90. The van der Waals surface area contributed by atoms with E-state index in [0.29, 0.717) is 15.0 Å². The van der Waals surface area contributed by atoms with Crippen LogP contribution >= 0.6 is 34.2 Å². The lowest BCUT2D eigenvalue weighted by Crippen LogP contribution is -2.16. The Balaban J connectivity index is 2.01. The number of nitrogens with one attached hydrogen (secondary N) is 1. The normalized spacial score (nSPS) is 11.3. The summed E-state index contributed by atoms with van der Waals surface area (Å²) in [4.78, 5) is 13.2. The summed E-state index contributed by atoms with van der Waals surface area (Å²) in [6.45, 7) is 2.00. The fourth-order valence-corrected chi connectivity index (χ4v) is 4.59. The maximum absolute atomic E-state index is 13.1. The summed E-state index contributed by atoms with van der Waals surface area (Å²) in [5, 5.41) is 0.444. The molecule has 150 valence electrons. The smallest absolute Gasteiger partial charge is 0.261 e. The lowest BCUT2D eigenvalue weighted by atomic mass is 10.00. The van der Waals surface area contributed by atoms with E-state index in [0.717, 1.165) is 17.5 Å². The summed E-state index contributed by atoms with van der Waals surface area (Å²) < 4.78 is 29.0. The molecule has 29 heavy (non-hydrogen) atoms. The number of carbonyl (C=O) groups excluding carboxylic acids is 1. The molecular weight excluding hydrogens is 521 g/mol. The van der Waals surface area contributed by atoms with Crippen LogP contribution in [0.25, 0.3) is 0 Å². The van der Waals surface area contributed by atoms with E-state index in [4.69, 9.17) is 11.6 Å². The van der Waals surface area contributed by atoms with E-state index in [1.165, 1.54) is 0 Å². The van der Waals surface area contributed by atoms with Crippen molar-refractivity contribution in [3.05, 3.63) is 94.0 Å². The number of carbonyl (C=O) groups is 1. The molecule has 1 N–H and O–H groups in total. The van der Waals surface area contributed by atoms with E-state index < -0.39 is 10.0 Å². The van der Waals surface area contributed by atoms with Crippen molar-refractivity contribution in [3.63, 3.8) is 0 Å². The summed E-state index contributed by atoms with van der Waals surface area (Å²) in [7, 11) is -3.83. The van der Waals surface area contributed by atoms with Gasteiger partial charge in [0.05, 0.1) is 10.6 Å². The average Bonchev–Trinajstić information content (AvgIpc) is 2.73. The molecule has 0 atom stereocenters. The first kappa shape index (κ1) is 21.8. The zero-order chi connectivity index (χ0) is 21.0. The van der Waals surface area contributed by atoms with Gasteiger partial charge in [-0.1, -0.05) is 71.4 Å². The Morgan fingerprint density at radius 1 is 1.00 bits per heavy atom. The molecular formula is C22H19ClINO3S. The first-order valence-electron chi connectivity index (χ1n) is 8.95. The van der Waals surface area contributed by atoms with E-state index in [-0.39, 0.29) is 21.9 Å². The van der Waals surface area contributed by atoms with Crippen LogP contribution in [0.5, 0.6) is 0 Å². The molecule has 0 saturated heterocycles. The molecule has 0 aliphatic rings. The number of rotatable bonds is 7. The minimum absolute atomic E-state index is 0.147. The number of halogens is 2. The fourth-order valence-electron chi connectivity index (χ4n) is 2.84. The zero-order valence-electron chi connectivity index (χ0n) is 15.7. The molecule has 0 bridgehead atoms. The summed E-state index contributed by atoms with van der Waals surface area (Å²) >= 11 is 8.22. The number of hydrogen-bond acceptors (Lipinski definition) is 3. The maximum atomic E-state index is 13.1. The number of sulfonamides is 1. The molecule has 0 aliphatic carbocycles. The third-order valence-electron chi connectivity index (χ3n) is 4.46. The topological polar surface area (TPSA) is 63.2 Å². The maximum Gasteiger partial charge on any atom is 0.261 e. The molecule has 0 saturated carbocycles. The highest BCUT2D eigenvalue weighted by molar-refractivity contribution is 14.1. The van der Waals surface area contributed by atoms with Gasteiger partial charge >= 0.3 is 0 Å². The summed E-state index contributed by atoms with van der Waals surface area (Å²) in [6.07, 6.45) is 0.823. The monoisotopic (exact) mass is 539 g/mol. The first-order valence-corrected chi connectivity index (χ1v) is 12.3. The van der Waals surface area contributed by atoms with Crippen molar-refractivity contribution in [2.45, 2.75) is 22.7 Å². The van der Waals surface area contributed by atoms with Gasteiger partial charge in [0.15, 0.2) is 5.78 Å². The van der Waals surface area contributed by atoms with Gasteiger partial charge < -0.3 is 0 Å². The molecule has 0 spiro atoms. The second kappa shape index (κ2) is 9.28. The quantitative estimate of drug-likeness (QED) is 0.232. The molecule has 0 radical (unpaired) electrons. The molecule has 4 nitrogen and oxygen atoms in total. The van der Waals surface area contributed by atoms with Crippen molar-refractivity contribution in [3.8, 4) is 0 Å². The third-order valence-corrected chi connectivity index (χ3v) is 6.95. The highest BCUT2D eigenvalue weighted by Gasteiger charge is 2.20. The van der Waals surface area contributed by atoms with E-state index in [1.807, 2.05) is 6.92 Å². The Morgan fingerprint density at radius 3 is 2.31 bits per heavy atom. The molecule has 0 fully saturated rings. The van der Waals surface area contributed by atoms with Gasteiger partial charge in [-0.3, -0.25) is 9.52 Å². The van der Waals surface area contributed by atoms with Gasteiger partial charge in [0, 0.05) is 20.6 Å². The van der Waals surface area contributed by atoms with Crippen LogP contribution in [0.4, 0.5) is 5.69 Å². The first-order chi connectivity index (χ1) is 13.8. The molecule has 0 heterocycles. The van der Waals surface area contributed by atoms with Crippen LogP contribution in [0.15, 0.2) is 71.6 Å². The van der Waals surface area contributed by atoms with Crippen molar-refractivity contribution >= 4 is 55.7 Å². The molecule has 3 rings (SSSR count). The Kier molecular flexibility index (Phi) is 6.97. The van der Waals surface area contributed by atoms with Crippen molar-refractivity contribution in [2.24, 2.45) is 0 Å². The van der Waals surface area contributed by atoms with Gasteiger partial charge in [-0.2, -0.15) is 0 Å². The highest BCUT2D eigenvalue weighted by Crippen LogP contribution is 2.26. The number of anilines is 1. The van der Waals surface area contributed by atoms with E-state index >= 15 is 0 Å². The Bertz CT molecular complexity index is 1140. The summed E-state index contributed by atoms with van der Waals surface area (Å²) in [6, 6.07) is 18.5. The predicted octanol–water partition coefficient (Wildman–Crippen LogP) is 5.87. The fraction of sp³-hybridized carbons (Fsp3) is 0.136. The standard InChI is InChI=1S/C22H19ClINO3S/c1-2-15-6-9-19(10-7-15)29(27,28)25-21-11-8-16(14-24)12-20(21)22(26)17-4-3-5-18(23)13-17/h3-13,25H,2,14H2,1H3. The van der Waals surface area contributed by atoms with Crippen molar-refractivity contribution in [1.82, 2.24) is 0 Å². The van der Waals surface area contributed by atoms with Crippen LogP contribution in [0.3, 0.4) is 0 Å². The number of alkyl halides is 1. The third kappa shape index (κ3) is 5.18. The highest BCUT2D eigenvalue weighted by atomic mass is 127. The van der Waals surface area contributed by atoms with Crippen molar-refractivity contribution in [2.75, 3.05) is 4.72 Å². The molecule has 7 heteroatoms. The number of hydrogen-bond donors (Lipinski definition) is 1. The van der Waals surface area contributed by atoms with Crippen LogP contribution in [0.1, 0.15) is 34.0 Å². The van der Waals surface area contributed by atoms with Gasteiger partial charge in [0.1, 0.15) is 0 Å². The second-order valence-electron chi connectivity index (χ2n) is 6.46. The molecule has 3 aromatic rings.